The number of carbonyl (C=O) groups is 3. The highest BCUT2D eigenvalue weighted by atomic mass is 35.5. The zero-order valence-electron chi connectivity index (χ0n) is 20.3. The zero-order chi connectivity index (χ0) is 26.6. The molecule has 0 radical (unpaired) electrons. The molecule has 0 saturated heterocycles. The van der Waals surface area contributed by atoms with E-state index in [0.717, 1.165) is 0 Å². The maximum absolute atomic E-state index is 13.5. The van der Waals surface area contributed by atoms with Crippen LogP contribution in [0.2, 0.25) is 10.0 Å². The maximum Gasteiger partial charge on any atom is 0.269 e. The molecule has 1 N–H and O–H groups in total. The van der Waals surface area contributed by atoms with Crippen LogP contribution in [0.4, 0.5) is 0 Å². The Kier molecular flexibility index (Phi) is 9.03. The van der Waals surface area contributed by atoms with Crippen LogP contribution in [0.1, 0.15) is 56.0 Å². The number of fused-ring (bicyclic) bond motifs is 1. The highest BCUT2D eigenvalue weighted by Gasteiger charge is 2.41. The van der Waals surface area contributed by atoms with Crippen LogP contribution >= 0.6 is 23.2 Å². The van der Waals surface area contributed by atoms with Crippen molar-refractivity contribution in [2.75, 3.05) is 6.54 Å². The Morgan fingerprint density at radius 2 is 1.67 bits per heavy atom. The molecule has 3 rings (SSSR count). The van der Waals surface area contributed by atoms with Crippen LogP contribution in [0.3, 0.4) is 0 Å². The molecule has 2 atom stereocenters. The predicted molar refractivity (Wildman–Crippen MR) is 138 cm³/mol. The quantitative estimate of drug-likeness (QED) is 0.473. The topological polar surface area (TPSA) is 104 Å². The van der Waals surface area contributed by atoms with Gasteiger partial charge in [0.25, 0.3) is 15.9 Å². The Morgan fingerprint density at radius 3 is 2.25 bits per heavy atom. The minimum absolute atomic E-state index is 0.0509. The number of benzene rings is 2. The molecule has 0 fully saturated rings. The van der Waals surface area contributed by atoms with E-state index in [9.17, 15) is 22.8 Å². The molecule has 0 aromatic heterocycles. The van der Waals surface area contributed by atoms with Gasteiger partial charge in [-0.25, -0.2) is 12.7 Å². The molecular formula is C25H29Cl2N3O5S. The summed E-state index contributed by atoms with van der Waals surface area (Å²) in [6, 6.07) is 9.93. The van der Waals surface area contributed by atoms with Crippen molar-refractivity contribution in [3.8, 4) is 0 Å². The van der Waals surface area contributed by atoms with Crippen molar-refractivity contribution in [1.82, 2.24) is 14.5 Å². The van der Waals surface area contributed by atoms with Gasteiger partial charge >= 0.3 is 0 Å². The summed E-state index contributed by atoms with van der Waals surface area (Å²) in [6.45, 7) is 5.17. The molecule has 2 aromatic rings. The lowest BCUT2D eigenvalue weighted by molar-refractivity contribution is -0.141. The van der Waals surface area contributed by atoms with Crippen LogP contribution < -0.4 is 5.32 Å². The molecule has 11 heteroatoms. The monoisotopic (exact) mass is 553 g/mol. The molecule has 2 aromatic carbocycles. The summed E-state index contributed by atoms with van der Waals surface area (Å²) < 4.78 is 26.5. The second-order valence-corrected chi connectivity index (χ2v) is 11.2. The van der Waals surface area contributed by atoms with Gasteiger partial charge in [0.15, 0.2) is 0 Å². The summed E-state index contributed by atoms with van der Waals surface area (Å²) in [5.74, 6) is -1.52. The zero-order valence-corrected chi connectivity index (χ0v) is 22.7. The van der Waals surface area contributed by atoms with Gasteiger partial charge < -0.3 is 10.2 Å². The van der Waals surface area contributed by atoms with Crippen LogP contribution in [-0.2, 0) is 26.2 Å². The first-order valence-electron chi connectivity index (χ1n) is 11.7. The lowest BCUT2D eigenvalue weighted by Crippen LogP contribution is -2.51. The smallest absolute Gasteiger partial charge is 0.269 e. The summed E-state index contributed by atoms with van der Waals surface area (Å²) in [5.41, 5.74) is 0.547. The third-order valence-electron chi connectivity index (χ3n) is 6.22. The van der Waals surface area contributed by atoms with E-state index >= 15 is 0 Å². The molecule has 0 spiro atoms. The van der Waals surface area contributed by atoms with Gasteiger partial charge in [-0.15, -0.1) is 0 Å². The molecule has 194 valence electrons. The highest BCUT2D eigenvalue weighted by Crippen LogP contribution is 2.31. The Balaban J connectivity index is 1.88. The lowest BCUT2D eigenvalue weighted by Gasteiger charge is -2.32. The van der Waals surface area contributed by atoms with E-state index in [-0.39, 0.29) is 41.9 Å². The van der Waals surface area contributed by atoms with E-state index in [4.69, 9.17) is 23.2 Å². The number of rotatable bonds is 10. The van der Waals surface area contributed by atoms with Crippen LogP contribution in [0.25, 0.3) is 0 Å². The molecule has 3 amide bonds. The molecule has 1 heterocycles. The number of nitrogens with one attached hydrogen (secondary N) is 1. The van der Waals surface area contributed by atoms with Crippen LogP contribution in [0.15, 0.2) is 47.4 Å². The summed E-state index contributed by atoms with van der Waals surface area (Å²) in [6.07, 6.45) is 0.707. The van der Waals surface area contributed by atoms with E-state index in [1.165, 1.54) is 23.1 Å². The van der Waals surface area contributed by atoms with E-state index in [0.29, 0.717) is 32.8 Å². The molecule has 1 aliphatic rings. The standard InChI is InChI=1S/C25H29Cl2N3O5S/c1-4-16(3)28-24(32)21(5-2)29(15-18-19(26)10-8-11-20(18)27)23(31)13-14-30-25(33)17-9-6-7-12-22(17)36(30,34)35/h6-12,16,21H,4-5,13-15H2,1-3H3,(H,28,32)/t16-,21-/m0/s1. The summed E-state index contributed by atoms with van der Waals surface area (Å²) in [5, 5.41) is 3.58. The Labute approximate surface area is 221 Å². The number of hydrogen-bond acceptors (Lipinski definition) is 5. The van der Waals surface area contributed by atoms with E-state index in [1.54, 1.807) is 31.2 Å². The fourth-order valence-corrected chi connectivity index (χ4v) is 6.09. The third kappa shape index (κ3) is 5.68. The van der Waals surface area contributed by atoms with Crippen molar-refractivity contribution in [3.05, 3.63) is 63.6 Å². The molecule has 0 aliphatic carbocycles. The first-order chi connectivity index (χ1) is 17.0. The van der Waals surface area contributed by atoms with Gasteiger partial charge in [-0.3, -0.25) is 14.4 Å². The minimum Gasteiger partial charge on any atom is -0.352 e. The van der Waals surface area contributed by atoms with Crippen molar-refractivity contribution in [3.63, 3.8) is 0 Å². The lowest BCUT2D eigenvalue weighted by atomic mass is 10.1. The Bertz CT molecular complexity index is 1250. The van der Waals surface area contributed by atoms with Crippen LogP contribution in [0.5, 0.6) is 0 Å². The highest BCUT2D eigenvalue weighted by molar-refractivity contribution is 7.90. The van der Waals surface area contributed by atoms with E-state index in [2.05, 4.69) is 5.32 Å². The number of halogens is 2. The van der Waals surface area contributed by atoms with Gasteiger partial charge in [0.2, 0.25) is 11.8 Å². The fourth-order valence-electron chi connectivity index (χ4n) is 4.01. The first kappa shape index (κ1) is 28.0. The van der Waals surface area contributed by atoms with Gasteiger partial charge in [-0.2, -0.15) is 0 Å². The van der Waals surface area contributed by atoms with Crippen molar-refractivity contribution in [2.24, 2.45) is 0 Å². The van der Waals surface area contributed by atoms with Gasteiger partial charge in [-0.1, -0.05) is 55.2 Å². The van der Waals surface area contributed by atoms with Crippen molar-refractivity contribution >= 4 is 50.9 Å². The summed E-state index contributed by atoms with van der Waals surface area (Å²) in [7, 11) is -4.06. The number of amides is 3. The fraction of sp³-hybridized carbons (Fsp3) is 0.400. The molecule has 0 unspecified atom stereocenters. The predicted octanol–water partition coefficient (Wildman–Crippen LogP) is 4.25. The van der Waals surface area contributed by atoms with Crippen LogP contribution in [-0.4, -0.2) is 54.0 Å². The van der Waals surface area contributed by atoms with Gasteiger partial charge in [-0.05, 0) is 44.0 Å². The SMILES string of the molecule is CC[C@H](C)NC(=O)[C@H](CC)N(Cc1c(Cl)cccc1Cl)C(=O)CCN1C(=O)c2ccccc2S1(=O)=O. The molecule has 0 saturated carbocycles. The maximum atomic E-state index is 13.5. The summed E-state index contributed by atoms with van der Waals surface area (Å²) >= 11 is 12.7. The number of nitrogens with zero attached hydrogens (tertiary/aromatic N) is 2. The van der Waals surface area contributed by atoms with Crippen LogP contribution in [0, 0.1) is 0 Å². The van der Waals surface area contributed by atoms with Gasteiger partial charge in [0.05, 0.1) is 5.56 Å². The largest absolute Gasteiger partial charge is 0.352 e. The van der Waals surface area contributed by atoms with E-state index < -0.39 is 27.9 Å². The van der Waals surface area contributed by atoms with Gasteiger partial charge in [0.1, 0.15) is 10.9 Å². The van der Waals surface area contributed by atoms with Crippen molar-refractivity contribution in [2.45, 2.75) is 63.6 Å². The molecule has 36 heavy (non-hydrogen) atoms. The minimum atomic E-state index is -4.06. The van der Waals surface area contributed by atoms with Crippen molar-refractivity contribution < 1.29 is 22.8 Å². The van der Waals surface area contributed by atoms with E-state index in [1.807, 2.05) is 13.8 Å². The number of hydrogen-bond donors (Lipinski definition) is 1. The first-order valence-corrected chi connectivity index (χ1v) is 13.9. The average molecular weight is 554 g/mol. The molecule has 8 nitrogen and oxygen atoms in total. The Hall–Kier alpha value is -2.62. The molecule has 1 aliphatic heterocycles. The van der Waals surface area contributed by atoms with Crippen molar-refractivity contribution in [1.29, 1.82) is 0 Å². The second kappa shape index (κ2) is 11.6. The molecular weight excluding hydrogens is 525 g/mol. The normalized spacial score (nSPS) is 15.8. The second-order valence-electron chi connectivity index (χ2n) is 8.59. The Morgan fingerprint density at radius 1 is 1.03 bits per heavy atom. The van der Waals surface area contributed by atoms with Gasteiger partial charge in [0, 0.05) is 41.2 Å². The average Bonchev–Trinajstić information content (AvgIpc) is 3.04. The third-order valence-corrected chi connectivity index (χ3v) is 8.77. The number of sulfonamides is 1. The number of carbonyl (C=O) groups excluding carboxylic acids is 3. The molecule has 0 bridgehead atoms. The summed E-state index contributed by atoms with van der Waals surface area (Å²) in [4.78, 5) is 40.6.